The number of hydrogen-bond acceptors (Lipinski definition) is 7. The van der Waals surface area contributed by atoms with Crippen molar-refractivity contribution in [2.45, 2.75) is 12.8 Å². The van der Waals surface area contributed by atoms with Gasteiger partial charge in [-0.25, -0.2) is 14.4 Å². The molecule has 6 aromatic rings. The highest BCUT2D eigenvalue weighted by Crippen LogP contribution is 2.35. The fraction of sp³-hybridized carbons (Fsp3) is 0.115. The molecule has 6 aromatic heterocycles. The van der Waals surface area contributed by atoms with Gasteiger partial charge in [-0.3, -0.25) is 24.8 Å². The molecule has 0 unspecified atom stereocenters. The number of carbonyl (C=O) groups excluding carboxylic acids is 1. The first-order chi connectivity index (χ1) is 18.2. The van der Waals surface area contributed by atoms with Gasteiger partial charge in [0.25, 0.3) is 0 Å². The number of aromatic nitrogens is 8. The van der Waals surface area contributed by atoms with Crippen molar-refractivity contribution in [3.8, 4) is 33.9 Å². The highest BCUT2D eigenvalue weighted by atomic mass is 19.1. The summed E-state index contributed by atoms with van der Waals surface area (Å²) in [6.45, 7) is 0. The third-order valence-electron chi connectivity index (χ3n) is 6.35. The molecule has 0 aliphatic heterocycles. The molecule has 0 radical (unpaired) electrons. The van der Waals surface area contributed by atoms with Gasteiger partial charge in [-0.2, -0.15) is 5.10 Å². The zero-order chi connectivity index (χ0) is 24.9. The molecule has 0 spiro atoms. The lowest BCUT2D eigenvalue weighted by atomic mass is 10.1. The summed E-state index contributed by atoms with van der Waals surface area (Å²) < 4.78 is 16.0. The van der Waals surface area contributed by atoms with Gasteiger partial charge in [-0.1, -0.05) is 0 Å². The third-order valence-corrected chi connectivity index (χ3v) is 6.35. The molecule has 1 aliphatic rings. The van der Waals surface area contributed by atoms with Crippen LogP contribution in [0.1, 0.15) is 12.8 Å². The molecule has 3 N–H and O–H groups in total. The van der Waals surface area contributed by atoms with Crippen LogP contribution in [0.15, 0.2) is 61.4 Å². The Morgan fingerprint density at radius 2 is 1.89 bits per heavy atom. The number of carbonyl (C=O) groups is 1. The van der Waals surface area contributed by atoms with Crippen LogP contribution in [0.25, 0.3) is 56.0 Å². The number of H-pyrrole nitrogens is 2. The molecule has 0 aromatic carbocycles. The van der Waals surface area contributed by atoms with Crippen LogP contribution < -0.4 is 5.32 Å². The van der Waals surface area contributed by atoms with Gasteiger partial charge >= 0.3 is 0 Å². The fourth-order valence-corrected chi connectivity index (χ4v) is 4.33. The second-order valence-electron chi connectivity index (χ2n) is 8.89. The Balaban J connectivity index is 1.32. The third kappa shape index (κ3) is 3.68. The van der Waals surface area contributed by atoms with E-state index in [0.717, 1.165) is 23.9 Å². The van der Waals surface area contributed by atoms with Crippen molar-refractivity contribution in [1.82, 2.24) is 40.1 Å². The van der Waals surface area contributed by atoms with Crippen LogP contribution in [0.4, 0.5) is 10.1 Å². The molecule has 180 valence electrons. The van der Waals surface area contributed by atoms with E-state index >= 15 is 4.39 Å². The SMILES string of the molecule is O=C(Nc1cncc(-c2cnc3[nH]nc(-c4nc5c(-c6cccnc6)nccc5[nH]4)c3c2F)c1)C1CC1. The molecule has 1 aliphatic carbocycles. The van der Waals surface area contributed by atoms with E-state index in [2.05, 4.69) is 40.4 Å². The normalized spacial score (nSPS) is 13.3. The number of pyridine rings is 4. The topological polar surface area (TPSA) is 138 Å². The number of aromatic amines is 2. The summed E-state index contributed by atoms with van der Waals surface area (Å²) in [7, 11) is 0. The first kappa shape index (κ1) is 21.2. The summed E-state index contributed by atoms with van der Waals surface area (Å²) in [6.07, 6.45) is 11.4. The monoisotopic (exact) mass is 491 g/mol. The molecule has 1 saturated carbocycles. The molecule has 0 atom stereocenters. The van der Waals surface area contributed by atoms with E-state index in [1.807, 2.05) is 12.1 Å². The number of nitrogens with zero attached hydrogens (tertiary/aromatic N) is 6. The Hall–Kier alpha value is -5.06. The number of imidazole rings is 1. The lowest BCUT2D eigenvalue weighted by molar-refractivity contribution is -0.117. The number of rotatable bonds is 5. The van der Waals surface area contributed by atoms with Crippen LogP contribution in [0.3, 0.4) is 0 Å². The number of amides is 1. The number of hydrogen-bond donors (Lipinski definition) is 3. The van der Waals surface area contributed by atoms with Crippen LogP contribution in [-0.2, 0) is 4.79 Å². The van der Waals surface area contributed by atoms with Gasteiger partial charge in [0.1, 0.15) is 17.0 Å². The minimum atomic E-state index is -0.521. The van der Waals surface area contributed by atoms with Gasteiger partial charge in [0.2, 0.25) is 5.91 Å². The van der Waals surface area contributed by atoms with E-state index in [1.165, 1.54) is 12.4 Å². The Kier molecular flexibility index (Phi) is 4.74. The van der Waals surface area contributed by atoms with Crippen molar-refractivity contribution in [2.75, 3.05) is 5.32 Å². The lowest BCUT2D eigenvalue weighted by Crippen LogP contribution is -2.13. The molecule has 1 fully saturated rings. The Labute approximate surface area is 208 Å². The van der Waals surface area contributed by atoms with E-state index in [4.69, 9.17) is 4.98 Å². The van der Waals surface area contributed by atoms with Crippen LogP contribution in [0, 0.1) is 11.7 Å². The molecule has 6 heterocycles. The van der Waals surface area contributed by atoms with Crippen LogP contribution in [0.2, 0.25) is 0 Å². The van der Waals surface area contributed by atoms with Crippen LogP contribution in [-0.4, -0.2) is 46.0 Å². The molecular weight excluding hydrogens is 473 g/mol. The highest BCUT2D eigenvalue weighted by Gasteiger charge is 2.29. The predicted molar refractivity (Wildman–Crippen MR) is 135 cm³/mol. The summed E-state index contributed by atoms with van der Waals surface area (Å²) >= 11 is 0. The molecule has 11 heteroatoms. The van der Waals surface area contributed by atoms with Crippen molar-refractivity contribution in [1.29, 1.82) is 0 Å². The first-order valence-electron chi connectivity index (χ1n) is 11.7. The lowest BCUT2D eigenvalue weighted by Gasteiger charge is -2.08. The second kappa shape index (κ2) is 8.26. The van der Waals surface area contributed by atoms with Crippen molar-refractivity contribution in [2.24, 2.45) is 5.92 Å². The fourth-order valence-electron chi connectivity index (χ4n) is 4.33. The minimum Gasteiger partial charge on any atom is -0.336 e. The quantitative estimate of drug-likeness (QED) is 0.323. The van der Waals surface area contributed by atoms with E-state index in [9.17, 15) is 4.79 Å². The molecule has 0 saturated heterocycles. The van der Waals surface area contributed by atoms with Crippen molar-refractivity contribution in [3.05, 3.63) is 67.3 Å². The summed E-state index contributed by atoms with van der Waals surface area (Å²) in [6, 6.07) is 7.21. The van der Waals surface area contributed by atoms with Gasteiger partial charge in [0.05, 0.1) is 28.5 Å². The van der Waals surface area contributed by atoms with Crippen molar-refractivity contribution in [3.63, 3.8) is 0 Å². The zero-order valence-corrected chi connectivity index (χ0v) is 19.2. The number of nitrogens with one attached hydrogen (secondary N) is 3. The van der Waals surface area contributed by atoms with E-state index in [-0.39, 0.29) is 28.4 Å². The molecule has 0 bridgehead atoms. The van der Waals surface area contributed by atoms with Gasteiger partial charge in [0, 0.05) is 53.6 Å². The first-order valence-corrected chi connectivity index (χ1v) is 11.7. The van der Waals surface area contributed by atoms with E-state index < -0.39 is 5.82 Å². The highest BCUT2D eigenvalue weighted by molar-refractivity contribution is 5.97. The van der Waals surface area contributed by atoms with Gasteiger partial charge < -0.3 is 10.3 Å². The van der Waals surface area contributed by atoms with E-state index in [0.29, 0.717) is 34.0 Å². The van der Waals surface area contributed by atoms with Crippen molar-refractivity contribution >= 4 is 33.7 Å². The largest absolute Gasteiger partial charge is 0.336 e. The smallest absolute Gasteiger partial charge is 0.227 e. The maximum atomic E-state index is 16.0. The molecular formula is C26H18FN9O. The van der Waals surface area contributed by atoms with Gasteiger partial charge in [-0.05, 0) is 37.1 Å². The maximum absolute atomic E-state index is 16.0. The van der Waals surface area contributed by atoms with Gasteiger partial charge in [-0.15, -0.1) is 0 Å². The van der Waals surface area contributed by atoms with E-state index in [1.54, 1.807) is 36.9 Å². The van der Waals surface area contributed by atoms with Crippen molar-refractivity contribution < 1.29 is 9.18 Å². The standard InChI is InChI=1S/C26H18FN9O/c27-20-17(15-8-16(11-29-10-15)32-26(37)13-3-4-13)12-31-24-19(20)23(35-36-24)25-33-18-5-7-30-21(22(18)34-25)14-2-1-6-28-9-14/h1-2,5-13H,3-4H2,(H,32,37)(H,33,34)(H,31,35,36). The van der Waals surface area contributed by atoms with Gasteiger partial charge in [0.15, 0.2) is 11.5 Å². The summed E-state index contributed by atoms with van der Waals surface area (Å²) in [5, 5.41) is 10.2. The molecule has 7 rings (SSSR count). The maximum Gasteiger partial charge on any atom is 0.227 e. The summed E-state index contributed by atoms with van der Waals surface area (Å²) in [4.78, 5) is 37.3. The average molecular weight is 491 g/mol. The molecule has 1 amide bonds. The van der Waals surface area contributed by atoms with Crippen LogP contribution in [0.5, 0.6) is 0 Å². The average Bonchev–Trinajstić information content (AvgIpc) is 3.54. The number of anilines is 1. The zero-order valence-electron chi connectivity index (χ0n) is 19.2. The Morgan fingerprint density at radius 1 is 1.00 bits per heavy atom. The summed E-state index contributed by atoms with van der Waals surface area (Å²) in [5.41, 5.74) is 4.63. The minimum absolute atomic E-state index is 0.0459. The van der Waals surface area contributed by atoms with Crippen LogP contribution >= 0.6 is 0 Å². The predicted octanol–water partition coefficient (Wildman–Crippen LogP) is 4.51. The Bertz CT molecular complexity index is 1810. The summed E-state index contributed by atoms with van der Waals surface area (Å²) in [5.74, 6) is -0.146. The molecule has 10 nitrogen and oxygen atoms in total. The Morgan fingerprint density at radius 3 is 2.73 bits per heavy atom. The number of fused-ring (bicyclic) bond motifs is 2. The second-order valence-corrected chi connectivity index (χ2v) is 8.89. The molecule has 37 heavy (non-hydrogen) atoms. The number of halogens is 1.